The van der Waals surface area contributed by atoms with Gasteiger partial charge in [0, 0.05) is 12.1 Å². The van der Waals surface area contributed by atoms with Crippen molar-refractivity contribution >= 4 is 32.6 Å². The Hall–Kier alpha value is -3.26. The lowest BCUT2D eigenvalue weighted by atomic mass is 10.1. The Labute approximate surface area is 171 Å². The number of nitrogens with one attached hydrogen (secondary N) is 2. The third kappa shape index (κ3) is 3.58. The second-order valence-electron chi connectivity index (χ2n) is 7.08. The summed E-state index contributed by atoms with van der Waals surface area (Å²) in [5, 5.41) is 16.0. The van der Waals surface area contributed by atoms with Crippen LogP contribution >= 0.6 is 11.3 Å². The number of carbonyl (C=O) groups is 1. The Balaban J connectivity index is 1.33. The van der Waals surface area contributed by atoms with Crippen LogP contribution in [0, 0.1) is 0 Å². The van der Waals surface area contributed by atoms with Gasteiger partial charge in [0.1, 0.15) is 0 Å². The number of amides is 1. The van der Waals surface area contributed by atoms with Crippen molar-refractivity contribution in [3.63, 3.8) is 0 Å². The maximum absolute atomic E-state index is 13.0. The molecule has 29 heavy (non-hydrogen) atoms. The molecule has 1 amide bonds. The first-order chi connectivity index (χ1) is 14.3. The van der Waals surface area contributed by atoms with Gasteiger partial charge in [0.15, 0.2) is 5.13 Å². The Kier molecular flexibility index (Phi) is 4.69. The van der Waals surface area contributed by atoms with E-state index in [2.05, 4.69) is 31.9 Å². The quantitative estimate of drug-likeness (QED) is 0.530. The third-order valence-corrected chi connectivity index (χ3v) is 6.19. The van der Waals surface area contributed by atoms with E-state index in [1.807, 2.05) is 36.4 Å². The second-order valence-corrected chi connectivity index (χ2v) is 8.11. The van der Waals surface area contributed by atoms with Gasteiger partial charge in [0.05, 0.1) is 33.9 Å². The molecule has 0 radical (unpaired) electrons. The number of para-hydroxylation sites is 2. The van der Waals surface area contributed by atoms with Crippen LogP contribution in [0.2, 0.25) is 0 Å². The fourth-order valence-corrected chi connectivity index (χ4v) is 4.75. The first kappa shape index (κ1) is 17.8. The minimum Gasteiger partial charge on any atom is -0.357 e. The summed E-state index contributed by atoms with van der Waals surface area (Å²) < 4.78 is 1.16. The second kappa shape index (κ2) is 7.63. The van der Waals surface area contributed by atoms with Gasteiger partial charge in [-0.15, -0.1) is 0 Å². The van der Waals surface area contributed by atoms with Crippen LogP contribution in [0.1, 0.15) is 29.6 Å². The normalized spacial score (nSPS) is 18.8. The molecule has 0 spiro atoms. The van der Waals surface area contributed by atoms with Crippen LogP contribution in [0.15, 0.2) is 60.9 Å². The van der Waals surface area contributed by atoms with E-state index in [1.165, 1.54) is 4.80 Å². The lowest BCUT2D eigenvalue weighted by molar-refractivity contribution is 0.0935. The zero-order valence-corrected chi connectivity index (χ0v) is 16.5. The predicted octanol–water partition coefficient (Wildman–Crippen LogP) is 3.64. The smallest absolute Gasteiger partial charge is 0.253 e. The zero-order chi connectivity index (χ0) is 19.6. The van der Waals surface area contributed by atoms with Crippen LogP contribution in [-0.4, -0.2) is 38.0 Å². The minimum absolute atomic E-state index is 0.0492. The molecule has 4 aromatic rings. The molecule has 1 fully saturated rings. The SMILES string of the molecule is O=C(N[C@H]1CCC[C@H]1Nc1nc2ccccc2s1)c1ccccc1-n1nccn1. The number of fused-ring (bicyclic) bond motifs is 1. The number of hydrogen-bond acceptors (Lipinski definition) is 6. The van der Waals surface area contributed by atoms with Gasteiger partial charge < -0.3 is 10.6 Å². The Morgan fingerprint density at radius 3 is 2.62 bits per heavy atom. The van der Waals surface area contributed by atoms with E-state index in [0.29, 0.717) is 11.3 Å². The number of nitrogens with zero attached hydrogens (tertiary/aromatic N) is 4. The molecule has 0 saturated heterocycles. The molecule has 146 valence electrons. The molecule has 2 aromatic carbocycles. The molecule has 2 atom stereocenters. The van der Waals surface area contributed by atoms with E-state index in [-0.39, 0.29) is 18.0 Å². The van der Waals surface area contributed by atoms with Gasteiger partial charge in [-0.1, -0.05) is 35.6 Å². The topological polar surface area (TPSA) is 84.7 Å². The average Bonchev–Trinajstić information content (AvgIpc) is 3.49. The molecule has 2 heterocycles. The highest BCUT2D eigenvalue weighted by Crippen LogP contribution is 2.29. The number of hydrogen-bond donors (Lipinski definition) is 2. The van der Waals surface area contributed by atoms with Crippen molar-refractivity contribution in [2.45, 2.75) is 31.3 Å². The highest BCUT2D eigenvalue weighted by molar-refractivity contribution is 7.22. The maximum Gasteiger partial charge on any atom is 0.253 e. The van der Waals surface area contributed by atoms with E-state index >= 15 is 0 Å². The van der Waals surface area contributed by atoms with Gasteiger partial charge in [-0.05, 0) is 43.5 Å². The van der Waals surface area contributed by atoms with Crippen molar-refractivity contribution in [3.8, 4) is 5.69 Å². The average molecular weight is 404 g/mol. The number of benzene rings is 2. The highest BCUT2D eigenvalue weighted by atomic mass is 32.1. The summed E-state index contributed by atoms with van der Waals surface area (Å²) in [6.07, 6.45) is 6.21. The van der Waals surface area contributed by atoms with Crippen molar-refractivity contribution in [1.82, 2.24) is 25.3 Å². The molecular weight excluding hydrogens is 384 g/mol. The third-order valence-electron chi connectivity index (χ3n) is 5.22. The molecular formula is C21H20N6OS. The van der Waals surface area contributed by atoms with Gasteiger partial charge in [-0.25, -0.2) is 4.98 Å². The summed E-state index contributed by atoms with van der Waals surface area (Å²) >= 11 is 1.65. The lowest BCUT2D eigenvalue weighted by Crippen LogP contribution is -2.43. The van der Waals surface area contributed by atoms with Crippen molar-refractivity contribution in [2.75, 3.05) is 5.32 Å². The van der Waals surface area contributed by atoms with Gasteiger partial charge in [-0.3, -0.25) is 4.79 Å². The van der Waals surface area contributed by atoms with Crippen molar-refractivity contribution in [3.05, 3.63) is 66.5 Å². The summed E-state index contributed by atoms with van der Waals surface area (Å²) in [4.78, 5) is 19.2. The van der Waals surface area contributed by atoms with Gasteiger partial charge in [-0.2, -0.15) is 15.0 Å². The molecule has 1 saturated carbocycles. The zero-order valence-electron chi connectivity index (χ0n) is 15.7. The van der Waals surface area contributed by atoms with Gasteiger partial charge in [0.25, 0.3) is 5.91 Å². The number of rotatable bonds is 5. The van der Waals surface area contributed by atoms with Crippen LogP contribution in [0.3, 0.4) is 0 Å². The molecule has 5 rings (SSSR count). The van der Waals surface area contributed by atoms with Crippen LogP contribution in [0.4, 0.5) is 5.13 Å². The fraction of sp³-hybridized carbons (Fsp3) is 0.238. The molecule has 8 heteroatoms. The lowest BCUT2D eigenvalue weighted by Gasteiger charge is -2.22. The molecule has 1 aliphatic rings. The molecule has 2 aromatic heterocycles. The van der Waals surface area contributed by atoms with Crippen LogP contribution < -0.4 is 10.6 Å². The summed E-state index contributed by atoms with van der Waals surface area (Å²) in [5.41, 5.74) is 2.23. The van der Waals surface area contributed by atoms with Crippen molar-refractivity contribution in [1.29, 1.82) is 0 Å². The van der Waals surface area contributed by atoms with Crippen molar-refractivity contribution in [2.24, 2.45) is 0 Å². The maximum atomic E-state index is 13.0. The Morgan fingerprint density at radius 1 is 1.00 bits per heavy atom. The Morgan fingerprint density at radius 2 is 1.76 bits per heavy atom. The largest absolute Gasteiger partial charge is 0.357 e. The van der Waals surface area contributed by atoms with E-state index in [1.54, 1.807) is 29.8 Å². The van der Waals surface area contributed by atoms with Crippen LogP contribution in [0.25, 0.3) is 15.9 Å². The fourth-order valence-electron chi connectivity index (χ4n) is 3.82. The molecule has 7 nitrogen and oxygen atoms in total. The van der Waals surface area contributed by atoms with Gasteiger partial charge in [0.2, 0.25) is 0 Å². The number of anilines is 1. The summed E-state index contributed by atoms with van der Waals surface area (Å²) in [7, 11) is 0. The summed E-state index contributed by atoms with van der Waals surface area (Å²) in [6, 6.07) is 15.7. The molecule has 0 unspecified atom stereocenters. The standard InChI is InChI=1S/C21H20N6OS/c28-20(14-6-1-3-10-18(14)27-22-12-13-23-27)24-15-8-5-9-16(15)25-21-26-17-7-2-4-11-19(17)29-21/h1-4,6-7,10-13,15-16H,5,8-9H2,(H,24,28)(H,25,26)/t15-,16+/m0/s1. The molecule has 2 N–H and O–H groups in total. The summed E-state index contributed by atoms with van der Waals surface area (Å²) in [5.74, 6) is -0.110. The van der Waals surface area contributed by atoms with E-state index in [9.17, 15) is 4.79 Å². The van der Waals surface area contributed by atoms with Crippen LogP contribution in [0.5, 0.6) is 0 Å². The number of thiazole rings is 1. The Bertz CT molecular complexity index is 1110. The minimum atomic E-state index is -0.110. The number of aromatic nitrogens is 4. The van der Waals surface area contributed by atoms with E-state index in [0.717, 1.165) is 34.6 Å². The first-order valence-corrected chi connectivity index (χ1v) is 10.5. The molecule has 1 aliphatic carbocycles. The van der Waals surface area contributed by atoms with Crippen molar-refractivity contribution < 1.29 is 4.79 Å². The van der Waals surface area contributed by atoms with E-state index in [4.69, 9.17) is 0 Å². The van der Waals surface area contributed by atoms with Crippen LogP contribution in [-0.2, 0) is 0 Å². The highest BCUT2D eigenvalue weighted by Gasteiger charge is 2.30. The predicted molar refractivity (Wildman–Crippen MR) is 113 cm³/mol. The summed E-state index contributed by atoms with van der Waals surface area (Å²) in [6.45, 7) is 0. The molecule has 0 aliphatic heterocycles. The monoisotopic (exact) mass is 404 g/mol. The van der Waals surface area contributed by atoms with Gasteiger partial charge >= 0.3 is 0 Å². The molecule has 0 bridgehead atoms. The first-order valence-electron chi connectivity index (χ1n) is 9.66. The number of carbonyl (C=O) groups excluding carboxylic acids is 1. The van der Waals surface area contributed by atoms with E-state index < -0.39 is 0 Å².